The van der Waals surface area contributed by atoms with Gasteiger partial charge in [0.1, 0.15) is 4.21 Å². The van der Waals surface area contributed by atoms with Crippen molar-refractivity contribution in [1.82, 2.24) is 9.21 Å². The van der Waals surface area contributed by atoms with Crippen molar-refractivity contribution in [1.29, 1.82) is 0 Å². The number of nitrogens with zero attached hydrogens (tertiary/aromatic N) is 2. The first-order valence-electron chi connectivity index (χ1n) is 11.5. The molecule has 0 aliphatic carbocycles. The Kier molecular flexibility index (Phi) is 7.96. The van der Waals surface area contributed by atoms with E-state index >= 15 is 0 Å². The fourth-order valence-electron chi connectivity index (χ4n) is 4.09. The summed E-state index contributed by atoms with van der Waals surface area (Å²) in [4.78, 5) is 15.9. The van der Waals surface area contributed by atoms with Gasteiger partial charge in [-0.25, -0.2) is 8.42 Å². The van der Waals surface area contributed by atoms with Crippen molar-refractivity contribution in [2.24, 2.45) is 0 Å². The minimum absolute atomic E-state index is 0.0126. The molecule has 3 aromatic rings. The number of hydrogen-bond acceptors (Lipinski definition) is 4. The summed E-state index contributed by atoms with van der Waals surface area (Å²) in [5.74, 6) is 0.0126. The van der Waals surface area contributed by atoms with E-state index in [1.54, 1.807) is 16.4 Å². The van der Waals surface area contributed by atoms with Crippen LogP contribution in [0.1, 0.15) is 35.3 Å². The van der Waals surface area contributed by atoms with Gasteiger partial charge in [-0.05, 0) is 42.5 Å². The third kappa shape index (κ3) is 6.31. The molecule has 1 saturated heterocycles. The Morgan fingerprint density at radius 3 is 2.15 bits per heavy atom. The second kappa shape index (κ2) is 11.1. The topological polar surface area (TPSA) is 57.7 Å². The molecular formula is C26H30N2O3S2. The first-order chi connectivity index (χ1) is 16.0. The average molecular weight is 483 g/mol. The van der Waals surface area contributed by atoms with Gasteiger partial charge in [0, 0.05) is 31.1 Å². The Bertz CT molecular complexity index is 1140. The van der Waals surface area contributed by atoms with E-state index in [1.165, 1.54) is 16.9 Å². The minimum Gasteiger partial charge on any atom is -0.338 e. The molecule has 0 bridgehead atoms. The zero-order valence-corrected chi connectivity index (χ0v) is 20.4. The van der Waals surface area contributed by atoms with Gasteiger partial charge in [-0.2, -0.15) is 4.31 Å². The lowest BCUT2D eigenvalue weighted by molar-refractivity contribution is -0.131. The molecule has 174 valence electrons. The molecule has 1 aromatic heterocycles. The molecule has 33 heavy (non-hydrogen) atoms. The van der Waals surface area contributed by atoms with E-state index in [0.717, 1.165) is 36.1 Å². The monoisotopic (exact) mass is 482 g/mol. The first-order valence-corrected chi connectivity index (χ1v) is 13.7. The molecule has 1 fully saturated rings. The van der Waals surface area contributed by atoms with E-state index in [4.69, 9.17) is 0 Å². The maximum atomic E-state index is 13.3. The summed E-state index contributed by atoms with van der Waals surface area (Å²) in [5, 5.41) is 0. The molecule has 0 saturated carbocycles. The van der Waals surface area contributed by atoms with Gasteiger partial charge in [-0.3, -0.25) is 4.79 Å². The van der Waals surface area contributed by atoms with Crippen LogP contribution < -0.4 is 0 Å². The number of piperidine rings is 1. The van der Waals surface area contributed by atoms with Crippen LogP contribution in [0.2, 0.25) is 0 Å². The van der Waals surface area contributed by atoms with Gasteiger partial charge in [0.05, 0.1) is 6.42 Å². The molecule has 1 amide bonds. The van der Waals surface area contributed by atoms with Crippen LogP contribution in [0.5, 0.6) is 0 Å². The van der Waals surface area contributed by atoms with E-state index in [1.807, 2.05) is 53.4 Å². The third-order valence-corrected chi connectivity index (χ3v) is 9.41. The van der Waals surface area contributed by atoms with Crippen molar-refractivity contribution < 1.29 is 13.2 Å². The zero-order valence-electron chi connectivity index (χ0n) is 18.7. The van der Waals surface area contributed by atoms with E-state index in [0.29, 0.717) is 30.4 Å². The SMILES string of the molecule is O=C(Cc1ccc(S(=O)(=O)N2CCCCC2)s1)N(CCc1ccccc1)Cc1ccccc1. The third-order valence-electron chi connectivity index (χ3n) is 5.95. The number of rotatable bonds is 9. The lowest BCUT2D eigenvalue weighted by Crippen LogP contribution is -2.35. The highest BCUT2D eigenvalue weighted by Crippen LogP contribution is 2.27. The van der Waals surface area contributed by atoms with Crippen LogP contribution in [-0.4, -0.2) is 43.2 Å². The second-order valence-corrected chi connectivity index (χ2v) is 11.7. The maximum Gasteiger partial charge on any atom is 0.252 e. The summed E-state index contributed by atoms with van der Waals surface area (Å²) in [5.41, 5.74) is 2.27. The quantitative estimate of drug-likeness (QED) is 0.443. The number of sulfonamides is 1. The first kappa shape index (κ1) is 23.7. The van der Waals surface area contributed by atoms with E-state index in [9.17, 15) is 13.2 Å². The largest absolute Gasteiger partial charge is 0.338 e. The van der Waals surface area contributed by atoms with E-state index < -0.39 is 10.0 Å². The molecule has 1 aliphatic heterocycles. The molecular weight excluding hydrogens is 452 g/mol. The summed E-state index contributed by atoms with van der Waals surface area (Å²) in [6, 6.07) is 23.6. The lowest BCUT2D eigenvalue weighted by atomic mass is 10.1. The van der Waals surface area contributed by atoms with Crippen LogP contribution in [-0.2, 0) is 34.2 Å². The van der Waals surface area contributed by atoms with Gasteiger partial charge in [0.15, 0.2) is 0 Å². The summed E-state index contributed by atoms with van der Waals surface area (Å²) in [7, 11) is -3.47. The fourth-order valence-corrected chi connectivity index (χ4v) is 7.11. The van der Waals surface area contributed by atoms with Crippen molar-refractivity contribution >= 4 is 27.3 Å². The minimum atomic E-state index is -3.47. The highest BCUT2D eigenvalue weighted by Gasteiger charge is 2.28. The molecule has 7 heteroatoms. The molecule has 2 aromatic carbocycles. The average Bonchev–Trinajstić information content (AvgIpc) is 3.33. The summed E-state index contributed by atoms with van der Waals surface area (Å²) in [6.45, 7) is 2.32. The molecule has 0 atom stereocenters. The number of hydrogen-bond donors (Lipinski definition) is 0. The Hall–Kier alpha value is -2.48. The van der Waals surface area contributed by atoms with Gasteiger partial charge in [-0.15, -0.1) is 11.3 Å². The van der Waals surface area contributed by atoms with Crippen molar-refractivity contribution in [2.75, 3.05) is 19.6 Å². The number of benzene rings is 2. The molecule has 4 rings (SSSR count). The highest BCUT2D eigenvalue weighted by molar-refractivity contribution is 7.91. The van der Waals surface area contributed by atoms with Crippen LogP contribution in [0.15, 0.2) is 77.0 Å². The maximum absolute atomic E-state index is 13.3. The predicted octanol–water partition coefficient (Wildman–Crippen LogP) is 4.74. The van der Waals surface area contributed by atoms with Crippen molar-refractivity contribution in [2.45, 2.75) is 42.9 Å². The van der Waals surface area contributed by atoms with Gasteiger partial charge in [-0.1, -0.05) is 67.1 Å². The second-order valence-electron chi connectivity index (χ2n) is 8.40. The lowest BCUT2D eigenvalue weighted by Gasteiger charge is -2.25. The standard InChI is InChI=1S/C26H30N2O3S2/c29-25(20-24-14-15-26(32-24)33(30,31)28-17-8-3-9-18-28)27(21-23-12-6-2-7-13-23)19-16-22-10-4-1-5-11-22/h1-2,4-7,10-15H,3,8-9,16-21H2. The molecule has 0 N–H and O–H groups in total. The molecule has 5 nitrogen and oxygen atoms in total. The number of thiophene rings is 1. The number of carbonyl (C=O) groups is 1. The highest BCUT2D eigenvalue weighted by atomic mass is 32.2. The smallest absolute Gasteiger partial charge is 0.252 e. The van der Waals surface area contributed by atoms with E-state index in [2.05, 4.69) is 12.1 Å². The molecule has 0 spiro atoms. The Labute approximate surface area is 200 Å². The van der Waals surface area contributed by atoms with Crippen LogP contribution in [0.3, 0.4) is 0 Å². The normalized spacial score (nSPS) is 14.8. The number of carbonyl (C=O) groups excluding carboxylic acids is 1. The van der Waals surface area contributed by atoms with Crippen LogP contribution in [0.25, 0.3) is 0 Å². The van der Waals surface area contributed by atoms with E-state index in [-0.39, 0.29) is 12.3 Å². The summed E-state index contributed by atoms with van der Waals surface area (Å²) < 4.78 is 27.8. The molecule has 0 radical (unpaired) electrons. The van der Waals surface area contributed by atoms with Gasteiger partial charge < -0.3 is 4.90 Å². The van der Waals surface area contributed by atoms with Crippen molar-refractivity contribution in [3.8, 4) is 0 Å². The van der Waals surface area contributed by atoms with Gasteiger partial charge >= 0.3 is 0 Å². The fraction of sp³-hybridized carbons (Fsp3) is 0.346. The number of amides is 1. The van der Waals surface area contributed by atoms with Crippen LogP contribution in [0, 0.1) is 0 Å². The van der Waals surface area contributed by atoms with Crippen LogP contribution in [0.4, 0.5) is 0 Å². The van der Waals surface area contributed by atoms with Gasteiger partial charge in [0.2, 0.25) is 5.91 Å². The Morgan fingerprint density at radius 1 is 0.848 bits per heavy atom. The molecule has 2 heterocycles. The summed E-state index contributed by atoms with van der Waals surface area (Å²) >= 11 is 1.22. The Morgan fingerprint density at radius 2 is 1.48 bits per heavy atom. The Balaban J connectivity index is 1.45. The van der Waals surface area contributed by atoms with Crippen LogP contribution >= 0.6 is 11.3 Å². The zero-order chi connectivity index (χ0) is 23.1. The molecule has 1 aliphatic rings. The van der Waals surface area contributed by atoms with Crippen molar-refractivity contribution in [3.63, 3.8) is 0 Å². The van der Waals surface area contributed by atoms with Gasteiger partial charge in [0.25, 0.3) is 10.0 Å². The van der Waals surface area contributed by atoms with Crippen molar-refractivity contribution in [3.05, 3.63) is 88.8 Å². The molecule has 0 unspecified atom stereocenters. The summed E-state index contributed by atoms with van der Waals surface area (Å²) in [6.07, 6.45) is 3.88. The predicted molar refractivity (Wildman–Crippen MR) is 133 cm³/mol.